The van der Waals surface area contributed by atoms with Crippen molar-refractivity contribution < 1.29 is 0 Å². The molecule has 0 spiro atoms. The van der Waals surface area contributed by atoms with Gasteiger partial charge < -0.3 is 0 Å². The van der Waals surface area contributed by atoms with Gasteiger partial charge in [0.05, 0.1) is 0 Å². The highest BCUT2D eigenvalue weighted by atomic mass is 32.1. The molecule has 3 aromatic carbocycles. The van der Waals surface area contributed by atoms with E-state index in [1.54, 1.807) is 0 Å². The van der Waals surface area contributed by atoms with E-state index in [0.717, 1.165) is 16.8 Å². The molecule has 3 aromatic rings. The first kappa shape index (κ1) is 16.4. The number of allylic oxidation sites excluding steroid dienone is 1. The topological polar surface area (TPSA) is 0 Å². The van der Waals surface area contributed by atoms with Crippen LogP contribution < -0.4 is 0 Å². The predicted molar refractivity (Wildman–Crippen MR) is 108 cm³/mol. The van der Waals surface area contributed by atoms with E-state index in [2.05, 4.69) is 61.5 Å². The summed E-state index contributed by atoms with van der Waals surface area (Å²) in [5.74, 6) is 0. The van der Waals surface area contributed by atoms with Crippen LogP contribution in [0.2, 0.25) is 0 Å². The van der Waals surface area contributed by atoms with Crippen molar-refractivity contribution >= 4 is 23.2 Å². The normalized spacial score (nSPS) is 10.9. The summed E-state index contributed by atoms with van der Waals surface area (Å²) in [6.07, 6.45) is 5.14. The molecule has 0 radical (unpaired) electrons. The Labute approximate surface area is 149 Å². The van der Waals surface area contributed by atoms with Gasteiger partial charge in [-0.3, -0.25) is 0 Å². The van der Waals surface area contributed by atoms with Gasteiger partial charge in [-0.25, -0.2) is 0 Å². The summed E-state index contributed by atoms with van der Waals surface area (Å²) >= 11 is 5.51. The summed E-state index contributed by atoms with van der Waals surface area (Å²) in [6.45, 7) is 2.20. The summed E-state index contributed by atoms with van der Waals surface area (Å²) in [5, 5.41) is 0. The first-order valence-electron chi connectivity index (χ1n) is 8.23. The molecule has 3 rings (SSSR count). The van der Waals surface area contributed by atoms with E-state index in [1.165, 1.54) is 22.3 Å². The van der Waals surface area contributed by atoms with Gasteiger partial charge in [-0.2, -0.15) is 0 Å². The van der Waals surface area contributed by atoms with Crippen molar-refractivity contribution in [3.8, 4) is 11.1 Å². The molecule has 24 heavy (non-hydrogen) atoms. The van der Waals surface area contributed by atoms with E-state index in [9.17, 15) is 0 Å². The number of rotatable bonds is 5. The zero-order chi connectivity index (χ0) is 16.8. The van der Waals surface area contributed by atoms with Crippen LogP contribution >= 0.6 is 12.2 Å². The van der Waals surface area contributed by atoms with E-state index < -0.39 is 0 Å². The van der Waals surface area contributed by atoms with Crippen LogP contribution in [0.4, 0.5) is 0 Å². The molecule has 0 nitrogen and oxygen atoms in total. The lowest BCUT2D eigenvalue weighted by atomic mass is 9.95. The molecular formula is C23H20S. The van der Waals surface area contributed by atoms with Crippen molar-refractivity contribution in [2.75, 3.05) is 0 Å². The summed E-state index contributed by atoms with van der Waals surface area (Å²) in [6, 6.07) is 27.3. The monoisotopic (exact) mass is 328 g/mol. The Morgan fingerprint density at radius 1 is 0.875 bits per heavy atom. The third-order valence-electron chi connectivity index (χ3n) is 4.09. The molecular weight excluding hydrogens is 308 g/mol. The highest BCUT2D eigenvalue weighted by Crippen LogP contribution is 2.26. The minimum atomic E-state index is 0.858. The Morgan fingerprint density at radius 2 is 1.54 bits per heavy atom. The highest BCUT2D eigenvalue weighted by Gasteiger charge is 2.04. The first-order chi connectivity index (χ1) is 11.8. The average Bonchev–Trinajstić information content (AvgIpc) is 2.67. The Bertz CT molecular complexity index is 846. The second kappa shape index (κ2) is 7.85. The minimum absolute atomic E-state index is 0.858. The lowest BCUT2D eigenvalue weighted by Crippen LogP contribution is -1.92. The fourth-order valence-corrected chi connectivity index (χ4v) is 2.97. The molecule has 0 saturated heterocycles. The van der Waals surface area contributed by atoms with E-state index in [1.807, 2.05) is 36.4 Å². The second-order valence-electron chi connectivity index (χ2n) is 5.70. The summed E-state index contributed by atoms with van der Waals surface area (Å²) in [4.78, 5) is 0.858. The Morgan fingerprint density at radius 3 is 2.21 bits per heavy atom. The SMILES string of the molecule is CCc1ccc(C=CC(=S)c2ccccc2)cc1-c1ccccc1. The fraction of sp³-hybridized carbons (Fsp3) is 0.0870. The van der Waals surface area contributed by atoms with Gasteiger partial charge in [0.1, 0.15) is 0 Å². The molecule has 0 N–H and O–H groups in total. The first-order valence-corrected chi connectivity index (χ1v) is 8.64. The highest BCUT2D eigenvalue weighted by molar-refractivity contribution is 7.81. The van der Waals surface area contributed by atoms with Gasteiger partial charge in [-0.1, -0.05) is 98.0 Å². The molecule has 0 aliphatic heterocycles. The van der Waals surface area contributed by atoms with Crippen molar-refractivity contribution in [2.45, 2.75) is 13.3 Å². The van der Waals surface area contributed by atoms with Crippen molar-refractivity contribution in [3.05, 3.63) is 102 Å². The van der Waals surface area contributed by atoms with E-state index >= 15 is 0 Å². The number of thiocarbonyl (C=S) groups is 1. The largest absolute Gasteiger partial charge is 0.0795 e. The number of benzene rings is 3. The molecule has 0 heterocycles. The van der Waals surface area contributed by atoms with Crippen LogP contribution in [0.3, 0.4) is 0 Å². The average molecular weight is 328 g/mol. The second-order valence-corrected chi connectivity index (χ2v) is 6.14. The molecule has 0 amide bonds. The molecule has 118 valence electrons. The summed E-state index contributed by atoms with van der Waals surface area (Å²) in [5.41, 5.74) is 6.17. The molecule has 0 saturated carbocycles. The molecule has 0 aliphatic carbocycles. The van der Waals surface area contributed by atoms with Crippen molar-refractivity contribution in [1.82, 2.24) is 0 Å². The van der Waals surface area contributed by atoms with Gasteiger partial charge in [0.2, 0.25) is 0 Å². The van der Waals surface area contributed by atoms with Crippen LogP contribution in [0, 0.1) is 0 Å². The van der Waals surface area contributed by atoms with Gasteiger partial charge in [0, 0.05) is 4.86 Å². The number of hydrogen-bond acceptors (Lipinski definition) is 1. The standard InChI is InChI=1S/C23H20S/c1-2-19-15-13-18(17-22(19)20-9-5-3-6-10-20)14-16-23(24)21-11-7-4-8-12-21/h3-17H,2H2,1H3. The van der Waals surface area contributed by atoms with Gasteiger partial charge in [-0.15, -0.1) is 0 Å². The lowest BCUT2D eigenvalue weighted by molar-refractivity contribution is 1.14. The van der Waals surface area contributed by atoms with Crippen LogP contribution in [0.5, 0.6) is 0 Å². The van der Waals surface area contributed by atoms with Crippen molar-refractivity contribution in [3.63, 3.8) is 0 Å². The van der Waals surface area contributed by atoms with Gasteiger partial charge in [0.25, 0.3) is 0 Å². The zero-order valence-electron chi connectivity index (χ0n) is 13.8. The molecule has 0 aliphatic rings. The number of hydrogen-bond donors (Lipinski definition) is 0. The summed E-state index contributed by atoms with van der Waals surface area (Å²) < 4.78 is 0. The maximum Gasteiger partial charge on any atom is 0.0449 e. The van der Waals surface area contributed by atoms with Crippen molar-refractivity contribution in [1.29, 1.82) is 0 Å². The molecule has 1 heteroatoms. The third kappa shape index (κ3) is 3.87. The molecule has 0 atom stereocenters. The van der Waals surface area contributed by atoms with Gasteiger partial charge in [0.15, 0.2) is 0 Å². The zero-order valence-corrected chi connectivity index (χ0v) is 14.6. The molecule has 0 fully saturated rings. The van der Waals surface area contributed by atoms with Crippen LogP contribution in [0.25, 0.3) is 17.2 Å². The van der Waals surface area contributed by atoms with Crippen LogP contribution in [0.15, 0.2) is 84.9 Å². The van der Waals surface area contributed by atoms with E-state index in [4.69, 9.17) is 12.2 Å². The van der Waals surface area contributed by atoms with Gasteiger partial charge >= 0.3 is 0 Å². The predicted octanol–water partition coefficient (Wildman–Crippen LogP) is 6.35. The Hall–Kier alpha value is -2.51. The minimum Gasteiger partial charge on any atom is -0.0795 e. The van der Waals surface area contributed by atoms with E-state index in [-0.39, 0.29) is 0 Å². The molecule has 0 aromatic heterocycles. The maximum atomic E-state index is 5.51. The fourth-order valence-electron chi connectivity index (χ4n) is 2.76. The molecule has 0 bridgehead atoms. The number of aryl methyl sites for hydroxylation is 1. The van der Waals surface area contributed by atoms with Crippen LogP contribution in [-0.2, 0) is 6.42 Å². The summed E-state index contributed by atoms with van der Waals surface area (Å²) in [7, 11) is 0. The Kier molecular flexibility index (Phi) is 5.35. The smallest absolute Gasteiger partial charge is 0.0449 e. The third-order valence-corrected chi connectivity index (χ3v) is 4.46. The lowest BCUT2D eigenvalue weighted by Gasteiger charge is -2.09. The van der Waals surface area contributed by atoms with Crippen LogP contribution in [0.1, 0.15) is 23.6 Å². The quantitative estimate of drug-likeness (QED) is 0.299. The van der Waals surface area contributed by atoms with Crippen LogP contribution in [-0.4, -0.2) is 4.86 Å². The van der Waals surface area contributed by atoms with Gasteiger partial charge in [-0.05, 0) is 46.4 Å². The van der Waals surface area contributed by atoms with E-state index in [0.29, 0.717) is 0 Å². The molecule has 0 unspecified atom stereocenters. The maximum absolute atomic E-state index is 5.51. The Balaban J connectivity index is 1.90. The van der Waals surface area contributed by atoms with Crippen molar-refractivity contribution in [2.24, 2.45) is 0 Å².